The molecule has 0 aliphatic rings. The molecule has 0 spiro atoms. The third kappa shape index (κ3) is 1.60. The molecule has 0 aliphatic carbocycles. The van der Waals surface area contributed by atoms with Crippen LogP contribution in [0.2, 0.25) is 0 Å². The van der Waals surface area contributed by atoms with Crippen molar-refractivity contribution in [3.05, 3.63) is 11.4 Å². The van der Waals surface area contributed by atoms with Crippen molar-refractivity contribution in [1.82, 2.24) is 9.97 Å². The molecule has 0 aliphatic heterocycles. The van der Waals surface area contributed by atoms with Gasteiger partial charge in [0.1, 0.15) is 12.1 Å². The number of hydrogen-bond donors (Lipinski definition) is 2. The van der Waals surface area contributed by atoms with Gasteiger partial charge in [0.2, 0.25) is 0 Å². The maximum Gasteiger partial charge on any atom is 0.199 e. The summed E-state index contributed by atoms with van der Waals surface area (Å²) in [6.07, 6.45) is 0. The van der Waals surface area contributed by atoms with Gasteiger partial charge < -0.3 is 10.7 Å². The minimum atomic E-state index is 0. The van der Waals surface area contributed by atoms with Crippen LogP contribution in [0.25, 0.3) is 0 Å². The zero-order chi connectivity index (χ0) is 7.56. The summed E-state index contributed by atoms with van der Waals surface area (Å²) in [6.45, 7) is 0. The molecule has 0 amide bonds. The number of aromatic amines is 1. The van der Waals surface area contributed by atoms with E-state index in [0.29, 0.717) is 0 Å². The molecule has 0 bridgehead atoms. The number of nitriles is 2. The van der Waals surface area contributed by atoms with Crippen LogP contribution >= 0.6 is 12.4 Å². The Hall–Kier alpha value is -1.72. The van der Waals surface area contributed by atoms with Crippen molar-refractivity contribution in [2.45, 2.75) is 0 Å². The Morgan fingerprint density at radius 1 is 1.36 bits per heavy atom. The van der Waals surface area contributed by atoms with Gasteiger partial charge in [0.15, 0.2) is 17.3 Å². The molecule has 1 aromatic heterocycles. The van der Waals surface area contributed by atoms with E-state index in [-0.39, 0.29) is 29.7 Å². The molecule has 11 heavy (non-hydrogen) atoms. The summed E-state index contributed by atoms with van der Waals surface area (Å²) in [5.74, 6) is 0.0908. The van der Waals surface area contributed by atoms with E-state index in [9.17, 15) is 0 Å². The van der Waals surface area contributed by atoms with Crippen LogP contribution in [0.3, 0.4) is 0 Å². The van der Waals surface area contributed by atoms with Gasteiger partial charge in [0.05, 0.1) is 0 Å². The van der Waals surface area contributed by atoms with Gasteiger partial charge in [-0.15, -0.1) is 12.4 Å². The fourth-order valence-electron chi connectivity index (χ4n) is 0.553. The van der Waals surface area contributed by atoms with E-state index in [1.807, 2.05) is 0 Å². The fourth-order valence-corrected chi connectivity index (χ4v) is 0.553. The largest absolute Gasteiger partial charge is 0.369 e. The third-order valence-electron chi connectivity index (χ3n) is 0.940. The van der Waals surface area contributed by atoms with E-state index in [1.54, 1.807) is 12.1 Å². The first-order valence-electron chi connectivity index (χ1n) is 2.43. The molecule has 0 aromatic carbocycles. The number of anilines is 1. The molecular weight excluding hydrogens is 166 g/mol. The Morgan fingerprint density at radius 3 is 2.36 bits per heavy atom. The van der Waals surface area contributed by atoms with Crippen molar-refractivity contribution in [1.29, 1.82) is 10.5 Å². The lowest BCUT2D eigenvalue weighted by atomic mass is 10.4. The van der Waals surface area contributed by atoms with Crippen LogP contribution < -0.4 is 5.73 Å². The van der Waals surface area contributed by atoms with E-state index in [2.05, 4.69) is 9.97 Å². The molecule has 1 aromatic rings. The molecule has 3 N–H and O–H groups in total. The number of rotatable bonds is 0. The Morgan fingerprint density at radius 2 is 2.00 bits per heavy atom. The minimum absolute atomic E-state index is 0. The van der Waals surface area contributed by atoms with E-state index in [4.69, 9.17) is 16.3 Å². The number of imidazole rings is 1. The van der Waals surface area contributed by atoms with Crippen molar-refractivity contribution < 1.29 is 0 Å². The SMILES string of the molecule is Cl.N#Cc1nc(N)[nH]c1C#N. The number of halogens is 1. The summed E-state index contributed by atoms with van der Waals surface area (Å²) in [5, 5.41) is 16.7. The summed E-state index contributed by atoms with van der Waals surface area (Å²) in [6, 6.07) is 3.47. The fraction of sp³-hybridized carbons (Fsp3) is 0. The van der Waals surface area contributed by atoms with Crippen molar-refractivity contribution in [3.63, 3.8) is 0 Å². The lowest BCUT2D eigenvalue weighted by Crippen LogP contribution is -1.85. The molecule has 0 radical (unpaired) electrons. The molecule has 0 atom stereocenters. The molecule has 0 unspecified atom stereocenters. The highest BCUT2D eigenvalue weighted by Gasteiger charge is 2.04. The molecule has 1 rings (SSSR count). The summed E-state index contributed by atoms with van der Waals surface area (Å²) in [4.78, 5) is 5.97. The lowest BCUT2D eigenvalue weighted by molar-refractivity contribution is 1.30. The van der Waals surface area contributed by atoms with Crippen molar-refractivity contribution in [2.24, 2.45) is 0 Å². The first kappa shape index (κ1) is 9.28. The number of aromatic nitrogens is 2. The Balaban J connectivity index is 0.000001000. The average molecular weight is 170 g/mol. The second kappa shape index (κ2) is 3.45. The normalized spacial score (nSPS) is 7.45. The maximum atomic E-state index is 8.33. The number of nitrogens with two attached hydrogens (primary N) is 1. The first-order valence-corrected chi connectivity index (χ1v) is 2.43. The average Bonchev–Trinajstić information content (AvgIpc) is 2.30. The summed E-state index contributed by atoms with van der Waals surface area (Å²) >= 11 is 0. The van der Waals surface area contributed by atoms with Crippen LogP contribution in [-0.2, 0) is 0 Å². The highest BCUT2D eigenvalue weighted by atomic mass is 35.5. The van der Waals surface area contributed by atoms with Crippen LogP contribution in [0.1, 0.15) is 11.4 Å². The van der Waals surface area contributed by atoms with Crippen molar-refractivity contribution in [2.75, 3.05) is 5.73 Å². The van der Waals surface area contributed by atoms with Crippen molar-refractivity contribution >= 4 is 18.4 Å². The number of hydrogen-bond acceptors (Lipinski definition) is 4. The topological polar surface area (TPSA) is 102 Å². The second-order valence-corrected chi connectivity index (χ2v) is 1.57. The summed E-state index contributed by atoms with van der Waals surface area (Å²) in [7, 11) is 0. The van der Waals surface area contributed by atoms with E-state index in [1.165, 1.54) is 0 Å². The molecule has 1 heterocycles. The Bertz CT molecular complexity index is 296. The van der Waals surface area contributed by atoms with Crippen LogP contribution in [0.5, 0.6) is 0 Å². The summed E-state index contributed by atoms with van der Waals surface area (Å²) in [5.41, 5.74) is 5.31. The molecular formula is C5H4ClN5. The zero-order valence-corrected chi connectivity index (χ0v) is 6.14. The van der Waals surface area contributed by atoms with Gasteiger partial charge in [-0.25, -0.2) is 4.98 Å². The van der Waals surface area contributed by atoms with Crippen LogP contribution in [0.15, 0.2) is 0 Å². The number of nitrogens with one attached hydrogen (secondary N) is 1. The van der Waals surface area contributed by atoms with Crippen LogP contribution in [0.4, 0.5) is 5.95 Å². The van der Waals surface area contributed by atoms with E-state index < -0.39 is 0 Å². The van der Waals surface area contributed by atoms with Gasteiger partial charge in [-0.05, 0) is 0 Å². The van der Waals surface area contributed by atoms with Crippen LogP contribution in [-0.4, -0.2) is 9.97 Å². The highest BCUT2D eigenvalue weighted by Crippen LogP contribution is 2.03. The second-order valence-electron chi connectivity index (χ2n) is 1.57. The predicted molar refractivity (Wildman–Crippen MR) is 39.7 cm³/mol. The van der Waals surface area contributed by atoms with Crippen LogP contribution in [0, 0.1) is 22.7 Å². The van der Waals surface area contributed by atoms with Gasteiger partial charge in [-0.2, -0.15) is 10.5 Å². The Kier molecular flexibility index (Phi) is 2.91. The van der Waals surface area contributed by atoms with Gasteiger partial charge >= 0.3 is 0 Å². The van der Waals surface area contributed by atoms with Crippen molar-refractivity contribution in [3.8, 4) is 12.1 Å². The predicted octanol–water partition coefficient (Wildman–Crippen LogP) is 0.157. The highest BCUT2D eigenvalue weighted by molar-refractivity contribution is 5.85. The van der Waals surface area contributed by atoms with Gasteiger partial charge in [-0.3, -0.25) is 0 Å². The standard InChI is InChI=1S/C5H3N5.ClH/c6-1-3-4(2-7)10-5(8)9-3;/h(H3,8,9,10);1H. The molecule has 5 nitrogen and oxygen atoms in total. The quantitative estimate of drug-likeness (QED) is 0.577. The number of nitrogen functional groups attached to an aromatic ring is 1. The maximum absolute atomic E-state index is 8.33. The monoisotopic (exact) mass is 169 g/mol. The van der Waals surface area contributed by atoms with E-state index >= 15 is 0 Å². The van der Waals surface area contributed by atoms with Gasteiger partial charge in [-0.1, -0.05) is 0 Å². The zero-order valence-electron chi connectivity index (χ0n) is 5.33. The summed E-state index contributed by atoms with van der Waals surface area (Å²) < 4.78 is 0. The molecule has 0 saturated heterocycles. The first-order chi connectivity index (χ1) is 4.77. The molecule has 6 heteroatoms. The Labute approximate surface area is 68.9 Å². The number of H-pyrrole nitrogens is 1. The van der Waals surface area contributed by atoms with E-state index in [0.717, 1.165) is 0 Å². The third-order valence-corrected chi connectivity index (χ3v) is 0.940. The molecule has 56 valence electrons. The van der Waals surface area contributed by atoms with Gasteiger partial charge in [0.25, 0.3) is 0 Å². The lowest BCUT2D eigenvalue weighted by Gasteiger charge is -1.73. The minimum Gasteiger partial charge on any atom is -0.369 e. The smallest absolute Gasteiger partial charge is 0.199 e. The molecule has 0 fully saturated rings. The van der Waals surface area contributed by atoms with Gasteiger partial charge in [0, 0.05) is 0 Å². The number of nitrogens with zero attached hydrogens (tertiary/aromatic N) is 3. The molecule has 0 saturated carbocycles.